The first-order valence-corrected chi connectivity index (χ1v) is 3.24. The van der Waals surface area contributed by atoms with Crippen LogP contribution in [0, 0.1) is 0 Å². The van der Waals surface area contributed by atoms with Crippen LogP contribution in [-0.2, 0) is 4.79 Å². The average molecular weight is 156 g/mol. The van der Waals surface area contributed by atoms with E-state index in [1.807, 2.05) is 0 Å². The first kappa shape index (κ1) is 7.84. The standard InChI is InChI=1S/C5H8N4O2/c6-9-8-3-1-4(5(10)11)7-2-3/h3-4,7H,1-2H2,(H,10,11). The smallest absolute Gasteiger partial charge is 0.320 e. The minimum Gasteiger partial charge on any atom is -0.480 e. The van der Waals surface area contributed by atoms with Crippen LogP contribution < -0.4 is 5.32 Å². The second kappa shape index (κ2) is 3.23. The molecule has 11 heavy (non-hydrogen) atoms. The van der Waals surface area contributed by atoms with Gasteiger partial charge in [-0.15, -0.1) is 0 Å². The maximum atomic E-state index is 10.4. The van der Waals surface area contributed by atoms with Crippen molar-refractivity contribution in [2.24, 2.45) is 5.11 Å². The predicted octanol–water partition coefficient (Wildman–Crippen LogP) is 0.112. The summed E-state index contributed by atoms with van der Waals surface area (Å²) in [4.78, 5) is 13.0. The second-order valence-electron chi connectivity index (χ2n) is 2.39. The van der Waals surface area contributed by atoms with Gasteiger partial charge >= 0.3 is 5.97 Å². The van der Waals surface area contributed by atoms with Crippen molar-refractivity contribution in [1.29, 1.82) is 0 Å². The van der Waals surface area contributed by atoms with Crippen molar-refractivity contribution in [3.8, 4) is 0 Å². The number of hydrogen-bond donors (Lipinski definition) is 2. The Labute approximate surface area is 62.8 Å². The molecule has 6 nitrogen and oxygen atoms in total. The molecule has 6 heteroatoms. The molecule has 0 aromatic heterocycles. The molecule has 0 spiro atoms. The monoisotopic (exact) mass is 156 g/mol. The Morgan fingerprint density at radius 2 is 2.55 bits per heavy atom. The van der Waals surface area contributed by atoms with Gasteiger partial charge in [0.1, 0.15) is 6.04 Å². The number of carboxylic acids is 1. The van der Waals surface area contributed by atoms with Gasteiger partial charge in [0, 0.05) is 11.5 Å². The molecular weight excluding hydrogens is 148 g/mol. The van der Waals surface area contributed by atoms with Gasteiger partial charge in [0.2, 0.25) is 0 Å². The Morgan fingerprint density at radius 1 is 1.82 bits per heavy atom. The van der Waals surface area contributed by atoms with Crippen LogP contribution >= 0.6 is 0 Å². The summed E-state index contributed by atoms with van der Waals surface area (Å²) < 4.78 is 0. The quantitative estimate of drug-likeness (QED) is 0.337. The molecule has 1 saturated heterocycles. The molecule has 1 fully saturated rings. The van der Waals surface area contributed by atoms with Crippen LogP contribution in [0.3, 0.4) is 0 Å². The summed E-state index contributed by atoms with van der Waals surface area (Å²) in [5.74, 6) is -0.888. The molecule has 2 N–H and O–H groups in total. The molecule has 0 amide bonds. The van der Waals surface area contributed by atoms with Gasteiger partial charge in [-0.3, -0.25) is 4.79 Å². The van der Waals surface area contributed by atoms with Crippen LogP contribution in [0.25, 0.3) is 10.4 Å². The minimum atomic E-state index is -0.888. The Balaban J connectivity index is 2.46. The molecule has 1 aliphatic heterocycles. The summed E-state index contributed by atoms with van der Waals surface area (Å²) >= 11 is 0. The van der Waals surface area contributed by atoms with Gasteiger partial charge in [-0.2, -0.15) is 0 Å². The van der Waals surface area contributed by atoms with E-state index in [1.165, 1.54) is 0 Å². The fourth-order valence-electron chi connectivity index (χ4n) is 1.07. The van der Waals surface area contributed by atoms with Crippen molar-refractivity contribution in [2.75, 3.05) is 6.54 Å². The lowest BCUT2D eigenvalue weighted by Gasteiger charge is -2.00. The first-order chi connectivity index (χ1) is 5.24. The summed E-state index contributed by atoms with van der Waals surface area (Å²) in [5, 5.41) is 14.6. The van der Waals surface area contributed by atoms with E-state index < -0.39 is 12.0 Å². The zero-order chi connectivity index (χ0) is 8.27. The second-order valence-corrected chi connectivity index (χ2v) is 2.39. The molecular formula is C5H8N4O2. The van der Waals surface area contributed by atoms with Crippen molar-refractivity contribution >= 4 is 5.97 Å². The number of carboxylic acid groups (broad SMARTS) is 1. The molecule has 1 rings (SSSR count). The van der Waals surface area contributed by atoms with E-state index in [4.69, 9.17) is 10.6 Å². The Bertz CT molecular complexity index is 203. The fourth-order valence-corrected chi connectivity index (χ4v) is 1.07. The summed E-state index contributed by atoms with van der Waals surface area (Å²) in [5.41, 5.74) is 8.03. The summed E-state index contributed by atoms with van der Waals surface area (Å²) in [7, 11) is 0. The summed E-state index contributed by atoms with van der Waals surface area (Å²) in [6.45, 7) is 0.459. The Hall–Kier alpha value is -1.26. The topological polar surface area (TPSA) is 98.1 Å². The lowest BCUT2D eigenvalue weighted by atomic mass is 10.2. The molecule has 1 aliphatic rings. The lowest BCUT2D eigenvalue weighted by molar-refractivity contribution is -0.139. The molecule has 2 unspecified atom stereocenters. The first-order valence-electron chi connectivity index (χ1n) is 3.24. The van der Waals surface area contributed by atoms with E-state index in [0.29, 0.717) is 13.0 Å². The molecule has 60 valence electrons. The van der Waals surface area contributed by atoms with E-state index in [0.717, 1.165) is 0 Å². The van der Waals surface area contributed by atoms with E-state index in [2.05, 4.69) is 15.3 Å². The van der Waals surface area contributed by atoms with Gasteiger partial charge in [-0.25, -0.2) is 0 Å². The maximum absolute atomic E-state index is 10.4. The number of nitrogens with zero attached hydrogens (tertiary/aromatic N) is 3. The minimum absolute atomic E-state index is 0.207. The Morgan fingerprint density at radius 3 is 3.00 bits per heavy atom. The van der Waals surface area contributed by atoms with Crippen LogP contribution in [0.4, 0.5) is 0 Å². The number of carbonyl (C=O) groups is 1. The zero-order valence-electron chi connectivity index (χ0n) is 5.77. The highest BCUT2D eigenvalue weighted by atomic mass is 16.4. The third kappa shape index (κ3) is 1.83. The highest BCUT2D eigenvalue weighted by molar-refractivity contribution is 5.73. The van der Waals surface area contributed by atoms with Crippen molar-refractivity contribution in [3.05, 3.63) is 10.4 Å². The van der Waals surface area contributed by atoms with Crippen LogP contribution in [0.15, 0.2) is 5.11 Å². The number of hydrogen-bond acceptors (Lipinski definition) is 3. The average Bonchev–Trinajstić information content (AvgIpc) is 2.37. The van der Waals surface area contributed by atoms with Gasteiger partial charge in [0.15, 0.2) is 0 Å². The molecule has 0 aromatic rings. The number of nitrogens with one attached hydrogen (secondary N) is 1. The van der Waals surface area contributed by atoms with Crippen LogP contribution in [0.5, 0.6) is 0 Å². The lowest BCUT2D eigenvalue weighted by Crippen LogP contribution is -2.29. The van der Waals surface area contributed by atoms with E-state index in [-0.39, 0.29) is 6.04 Å². The van der Waals surface area contributed by atoms with Crippen LogP contribution in [0.2, 0.25) is 0 Å². The third-order valence-electron chi connectivity index (χ3n) is 1.62. The molecule has 1 heterocycles. The van der Waals surface area contributed by atoms with E-state index >= 15 is 0 Å². The van der Waals surface area contributed by atoms with Gasteiger partial charge in [0.05, 0.1) is 6.04 Å². The normalized spacial score (nSPS) is 29.5. The molecule has 0 radical (unpaired) electrons. The molecule has 0 aromatic carbocycles. The number of rotatable bonds is 2. The molecule has 0 saturated carbocycles. The van der Waals surface area contributed by atoms with Gasteiger partial charge < -0.3 is 10.4 Å². The van der Waals surface area contributed by atoms with Gasteiger partial charge in [-0.1, -0.05) is 5.11 Å². The van der Waals surface area contributed by atoms with Crippen LogP contribution in [0.1, 0.15) is 6.42 Å². The van der Waals surface area contributed by atoms with E-state index in [1.54, 1.807) is 0 Å². The van der Waals surface area contributed by atoms with Crippen molar-refractivity contribution in [2.45, 2.75) is 18.5 Å². The van der Waals surface area contributed by atoms with Crippen LogP contribution in [-0.4, -0.2) is 29.7 Å². The maximum Gasteiger partial charge on any atom is 0.320 e. The largest absolute Gasteiger partial charge is 0.480 e. The third-order valence-corrected chi connectivity index (χ3v) is 1.62. The molecule has 2 atom stereocenters. The molecule has 0 aliphatic carbocycles. The highest BCUT2D eigenvalue weighted by Gasteiger charge is 2.27. The number of aliphatic carboxylic acids is 1. The molecule has 0 bridgehead atoms. The number of azide groups is 1. The predicted molar refractivity (Wildman–Crippen MR) is 37.0 cm³/mol. The van der Waals surface area contributed by atoms with Gasteiger partial charge in [-0.05, 0) is 12.0 Å². The van der Waals surface area contributed by atoms with Crippen molar-refractivity contribution in [3.63, 3.8) is 0 Å². The Kier molecular flexibility index (Phi) is 2.30. The highest BCUT2D eigenvalue weighted by Crippen LogP contribution is 2.09. The zero-order valence-corrected chi connectivity index (χ0v) is 5.77. The van der Waals surface area contributed by atoms with E-state index in [9.17, 15) is 4.79 Å². The summed E-state index contributed by atoms with van der Waals surface area (Å²) in [6, 6.07) is -0.758. The van der Waals surface area contributed by atoms with Crippen molar-refractivity contribution in [1.82, 2.24) is 5.32 Å². The fraction of sp³-hybridized carbons (Fsp3) is 0.800. The van der Waals surface area contributed by atoms with Gasteiger partial charge in [0.25, 0.3) is 0 Å². The SMILES string of the molecule is [N-]=[N+]=NC1CNC(C(=O)O)C1. The van der Waals surface area contributed by atoms with Crippen molar-refractivity contribution < 1.29 is 9.90 Å². The summed E-state index contributed by atoms with van der Waals surface area (Å²) in [6.07, 6.45) is 0.388.